The summed E-state index contributed by atoms with van der Waals surface area (Å²) in [6, 6.07) is -0.714. The molecule has 80 valence electrons. The molecule has 0 aliphatic carbocycles. The Kier molecular flexibility index (Phi) is 4.03. The Balaban J connectivity index is 2.42. The number of hydrogen-bond donors (Lipinski definition) is 3. The van der Waals surface area contributed by atoms with Crippen molar-refractivity contribution in [2.24, 2.45) is 11.7 Å². The highest BCUT2D eigenvalue weighted by Gasteiger charge is 2.26. The quantitative estimate of drug-likeness (QED) is 0.531. The molecule has 1 aliphatic rings. The molecule has 1 heterocycles. The van der Waals surface area contributed by atoms with Crippen molar-refractivity contribution in [2.75, 3.05) is 13.2 Å². The lowest BCUT2D eigenvalue weighted by molar-refractivity contribution is -0.128. The lowest BCUT2D eigenvalue weighted by Crippen LogP contribution is -2.42. The number of nitrogens with one attached hydrogen (secondary N) is 1. The molecule has 0 spiro atoms. The van der Waals surface area contributed by atoms with Gasteiger partial charge in [0.2, 0.25) is 5.91 Å². The topological polar surface area (TPSA) is 92.4 Å². The number of Topliss-reactive ketones (excluding diaryl/α,β-unsaturated/α-hetero) is 1. The van der Waals surface area contributed by atoms with Gasteiger partial charge in [-0.05, 0) is 19.3 Å². The van der Waals surface area contributed by atoms with Gasteiger partial charge in [-0.25, -0.2) is 0 Å². The number of aliphatic hydroxyl groups excluding tert-OH is 1. The maximum Gasteiger partial charge on any atom is 0.223 e. The zero-order chi connectivity index (χ0) is 10.6. The Hall–Kier alpha value is -0.940. The van der Waals surface area contributed by atoms with Crippen molar-refractivity contribution in [3.63, 3.8) is 0 Å². The summed E-state index contributed by atoms with van der Waals surface area (Å²) in [5.41, 5.74) is 5.53. The summed E-state index contributed by atoms with van der Waals surface area (Å²) < 4.78 is 0. The Morgan fingerprint density at radius 3 is 3.00 bits per heavy atom. The van der Waals surface area contributed by atoms with Crippen LogP contribution in [-0.2, 0) is 9.59 Å². The predicted molar refractivity (Wildman–Crippen MR) is 50.4 cm³/mol. The summed E-state index contributed by atoms with van der Waals surface area (Å²) in [6.07, 6.45) is 2.04. The van der Waals surface area contributed by atoms with Gasteiger partial charge in [0, 0.05) is 12.5 Å². The van der Waals surface area contributed by atoms with Gasteiger partial charge in [-0.2, -0.15) is 0 Å². The molecule has 0 aromatic heterocycles. The molecular weight excluding hydrogens is 184 g/mol. The van der Waals surface area contributed by atoms with E-state index in [4.69, 9.17) is 10.8 Å². The first-order valence-corrected chi connectivity index (χ1v) is 4.82. The number of rotatable bonds is 4. The fourth-order valence-electron chi connectivity index (χ4n) is 1.62. The fraction of sp³-hybridized carbons (Fsp3) is 0.778. The van der Waals surface area contributed by atoms with E-state index in [-0.39, 0.29) is 11.8 Å². The zero-order valence-corrected chi connectivity index (χ0v) is 8.03. The van der Waals surface area contributed by atoms with Gasteiger partial charge in [0.1, 0.15) is 6.61 Å². The number of piperidine rings is 1. The van der Waals surface area contributed by atoms with Gasteiger partial charge in [-0.1, -0.05) is 0 Å². The lowest BCUT2D eigenvalue weighted by atomic mass is 9.90. The largest absolute Gasteiger partial charge is 0.389 e. The molecular formula is C9H16N2O3. The van der Waals surface area contributed by atoms with Crippen LogP contribution in [0.4, 0.5) is 0 Å². The molecule has 0 bridgehead atoms. The van der Waals surface area contributed by atoms with Crippen LogP contribution >= 0.6 is 0 Å². The molecule has 5 nitrogen and oxygen atoms in total. The second kappa shape index (κ2) is 5.07. The van der Waals surface area contributed by atoms with E-state index in [0.29, 0.717) is 13.0 Å². The number of carbonyl (C=O) groups excluding carboxylic acids is 2. The SMILES string of the molecule is N[C@@H](C[C@@H]1CCCNC1=O)C(=O)CO. The van der Waals surface area contributed by atoms with Crippen LogP contribution in [0.25, 0.3) is 0 Å². The molecule has 1 saturated heterocycles. The van der Waals surface area contributed by atoms with Crippen molar-refractivity contribution in [3.8, 4) is 0 Å². The molecule has 0 aromatic carbocycles. The van der Waals surface area contributed by atoms with Crippen LogP contribution in [0.5, 0.6) is 0 Å². The van der Waals surface area contributed by atoms with Crippen LogP contribution in [0.1, 0.15) is 19.3 Å². The summed E-state index contributed by atoms with van der Waals surface area (Å²) >= 11 is 0. The minimum absolute atomic E-state index is 0.0301. The third-order valence-corrected chi connectivity index (χ3v) is 2.51. The minimum atomic E-state index is -0.714. The first kappa shape index (κ1) is 11.1. The maximum absolute atomic E-state index is 11.3. The van der Waals surface area contributed by atoms with Gasteiger partial charge in [-0.15, -0.1) is 0 Å². The summed E-state index contributed by atoms with van der Waals surface area (Å²) in [5, 5.41) is 11.3. The van der Waals surface area contributed by atoms with Gasteiger partial charge >= 0.3 is 0 Å². The molecule has 4 N–H and O–H groups in total. The molecule has 5 heteroatoms. The monoisotopic (exact) mass is 200 g/mol. The third kappa shape index (κ3) is 2.78. The van der Waals surface area contributed by atoms with Crippen molar-refractivity contribution < 1.29 is 14.7 Å². The second-order valence-electron chi connectivity index (χ2n) is 3.60. The maximum atomic E-state index is 11.3. The number of carbonyl (C=O) groups is 2. The molecule has 14 heavy (non-hydrogen) atoms. The first-order chi connectivity index (χ1) is 6.65. The first-order valence-electron chi connectivity index (χ1n) is 4.82. The van der Waals surface area contributed by atoms with Crippen molar-refractivity contribution in [1.29, 1.82) is 0 Å². The molecule has 1 amide bonds. The summed E-state index contributed by atoms with van der Waals surface area (Å²) in [4.78, 5) is 22.3. The Labute approximate surface area is 82.7 Å². The average molecular weight is 200 g/mol. The highest BCUT2D eigenvalue weighted by Crippen LogP contribution is 2.16. The number of ketones is 1. The molecule has 2 atom stereocenters. The third-order valence-electron chi connectivity index (χ3n) is 2.51. The van der Waals surface area contributed by atoms with Gasteiger partial charge < -0.3 is 16.2 Å². The number of aliphatic hydroxyl groups is 1. The highest BCUT2D eigenvalue weighted by atomic mass is 16.3. The van der Waals surface area contributed by atoms with Gasteiger partial charge in [0.25, 0.3) is 0 Å². The van der Waals surface area contributed by atoms with Crippen LogP contribution in [0.2, 0.25) is 0 Å². The molecule has 1 fully saturated rings. The van der Waals surface area contributed by atoms with Crippen molar-refractivity contribution >= 4 is 11.7 Å². The van der Waals surface area contributed by atoms with Crippen LogP contribution in [-0.4, -0.2) is 36.0 Å². The normalized spacial score (nSPS) is 24.1. The highest BCUT2D eigenvalue weighted by molar-refractivity contribution is 5.86. The second-order valence-corrected chi connectivity index (χ2v) is 3.60. The van der Waals surface area contributed by atoms with Gasteiger partial charge in [0.05, 0.1) is 6.04 Å². The van der Waals surface area contributed by atoms with Crippen molar-refractivity contribution in [3.05, 3.63) is 0 Å². The van der Waals surface area contributed by atoms with Crippen LogP contribution < -0.4 is 11.1 Å². The van der Waals surface area contributed by atoms with E-state index in [0.717, 1.165) is 12.8 Å². The average Bonchev–Trinajstić information content (AvgIpc) is 2.20. The molecule has 1 rings (SSSR count). The van der Waals surface area contributed by atoms with E-state index < -0.39 is 18.4 Å². The van der Waals surface area contributed by atoms with Crippen LogP contribution in [0.15, 0.2) is 0 Å². The van der Waals surface area contributed by atoms with E-state index in [1.54, 1.807) is 0 Å². The number of hydrogen-bond acceptors (Lipinski definition) is 4. The number of amides is 1. The van der Waals surface area contributed by atoms with Gasteiger partial charge in [0.15, 0.2) is 5.78 Å². The predicted octanol–water partition coefficient (Wildman–Crippen LogP) is -1.21. The molecule has 0 aromatic rings. The Bertz CT molecular complexity index is 230. The van der Waals surface area contributed by atoms with Crippen molar-refractivity contribution in [2.45, 2.75) is 25.3 Å². The summed E-state index contributed by atoms with van der Waals surface area (Å²) in [6.45, 7) is 0.161. The van der Waals surface area contributed by atoms with Crippen LogP contribution in [0, 0.1) is 5.92 Å². The lowest BCUT2D eigenvalue weighted by Gasteiger charge is -2.23. The molecule has 0 saturated carbocycles. The molecule has 0 unspecified atom stereocenters. The smallest absolute Gasteiger partial charge is 0.223 e. The van der Waals surface area contributed by atoms with E-state index in [9.17, 15) is 9.59 Å². The molecule has 0 radical (unpaired) electrons. The molecule has 1 aliphatic heterocycles. The van der Waals surface area contributed by atoms with E-state index in [2.05, 4.69) is 5.32 Å². The van der Waals surface area contributed by atoms with E-state index in [1.807, 2.05) is 0 Å². The van der Waals surface area contributed by atoms with E-state index >= 15 is 0 Å². The van der Waals surface area contributed by atoms with E-state index in [1.165, 1.54) is 0 Å². The summed E-state index contributed by atoms with van der Waals surface area (Å²) in [5.74, 6) is -0.602. The fourth-order valence-corrected chi connectivity index (χ4v) is 1.62. The zero-order valence-electron chi connectivity index (χ0n) is 8.03. The number of nitrogens with two attached hydrogens (primary N) is 1. The standard InChI is InChI=1S/C9H16N2O3/c10-7(8(13)5-12)4-6-2-1-3-11-9(6)14/h6-7,12H,1-5,10H2,(H,11,14)/t6-,7-/m0/s1. The summed E-state index contributed by atoms with van der Waals surface area (Å²) in [7, 11) is 0. The van der Waals surface area contributed by atoms with Gasteiger partial charge in [-0.3, -0.25) is 9.59 Å². The Morgan fingerprint density at radius 1 is 1.71 bits per heavy atom. The van der Waals surface area contributed by atoms with Crippen molar-refractivity contribution in [1.82, 2.24) is 5.32 Å². The Morgan fingerprint density at radius 2 is 2.43 bits per heavy atom. The minimum Gasteiger partial charge on any atom is -0.389 e. The van der Waals surface area contributed by atoms with Crippen LogP contribution in [0.3, 0.4) is 0 Å².